The van der Waals surface area contributed by atoms with E-state index in [0.717, 1.165) is 17.6 Å². The third-order valence-electron chi connectivity index (χ3n) is 4.35. The number of rotatable bonds is 2. The van der Waals surface area contributed by atoms with Gasteiger partial charge in [0.25, 0.3) is 0 Å². The lowest BCUT2D eigenvalue weighted by Crippen LogP contribution is -2.56. The minimum atomic E-state index is -3.50. The Hall–Kier alpha value is -0.870. The first-order valence-electron chi connectivity index (χ1n) is 7.99. The van der Waals surface area contributed by atoms with Gasteiger partial charge in [0.2, 0.25) is 10.0 Å². The number of hydrogen-bond donors (Lipinski definition) is 1. The van der Waals surface area contributed by atoms with Crippen LogP contribution in [0.4, 0.5) is 4.79 Å². The number of piperazine rings is 2. The maximum Gasteiger partial charge on any atom is 0.320 e. The molecule has 1 aromatic carbocycles. The highest BCUT2D eigenvalue weighted by Crippen LogP contribution is 2.20. The number of sulfonamides is 1. The van der Waals surface area contributed by atoms with Gasteiger partial charge < -0.3 is 15.1 Å². The summed E-state index contributed by atoms with van der Waals surface area (Å²) in [6, 6.07) is 6.64. The number of nitrogens with one attached hydrogen (secondary N) is 1. The summed E-state index contributed by atoms with van der Waals surface area (Å²) in [5.41, 5.74) is 0. The van der Waals surface area contributed by atoms with Gasteiger partial charge in [0.05, 0.1) is 4.90 Å². The van der Waals surface area contributed by atoms with E-state index < -0.39 is 10.0 Å². The summed E-state index contributed by atoms with van der Waals surface area (Å²) in [7, 11) is -3.50. The van der Waals surface area contributed by atoms with Crippen molar-refractivity contribution in [2.45, 2.75) is 4.90 Å². The molecule has 7 nitrogen and oxygen atoms in total. The third-order valence-corrected chi connectivity index (χ3v) is 6.79. The molecule has 2 fully saturated rings. The number of halogens is 2. The number of carbonyl (C=O) groups is 1. The van der Waals surface area contributed by atoms with Gasteiger partial charge in [-0.25, -0.2) is 13.2 Å². The molecule has 140 valence electrons. The molecule has 10 heteroatoms. The van der Waals surface area contributed by atoms with Crippen LogP contribution in [-0.2, 0) is 10.0 Å². The molecule has 0 aromatic heterocycles. The fraction of sp³-hybridized carbons (Fsp3) is 0.533. The van der Waals surface area contributed by atoms with Gasteiger partial charge in [0.15, 0.2) is 0 Å². The molecule has 2 aliphatic heterocycles. The minimum Gasteiger partial charge on any atom is -0.322 e. The molecule has 0 aliphatic carbocycles. The second kappa shape index (κ2) is 8.68. The molecular weight excluding hydrogens is 432 g/mol. The van der Waals surface area contributed by atoms with Crippen LogP contribution in [0.1, 0.15) is 0 Å². The highest BCUT2D eigenvalue weighted by molar-refractivity contribution is 9.10. The summed E-state index contributed by atoms with van der Waals surface area (Å²) in [6.45, 7) is 4.54. The van der Waals surface area contributed by atoms with E-state index >= 15 is 0 Å². The Labute approximate surface area is 162 Å². The van der Waals surface area contributed by atoms with Crippen LogP contribution >= 0.6 is 28.3 Å². The first-order chi connectivity index (χ1) is 11.5. The van der Waals surface area contributed by atoms with Crippen LogP contribution in [-0.4, -0.2) is 80.9 Å². The predicted molar refractivity (Wildman–Crippen MR) is 102 cm³/mol. The predicted octanol–water partition coefficient (Wildman–Crippen LogP) is 1.20. The monoisotopic (exact) mass is 452 g/mol. The molecular formula is C15H22BrClN4O3S. The molecule has 2 amide bonds. The van der Waals surface area contributed by atoms with Crippen LogP contribution < -0.4 is 5.32 Å². The van der Waals surface area contributed by atoms with E-state index in [2.05, 4.69) is 21.2 Å². The standard InChI is InChI=1S/C15H21BrN4O3S.ClH/c16-13-1-3-14(4-2-13)24(22,23)20-11-9-19(10-12-20)15(21)18-7-5-17-6-8-18;/h1-4,17H,5-12H2;1H. The zero-order valence-electron chi connectivity index (χ0n) is 13.7. The quantitative estimate of drug-likeness (QED) is 0.730. The zero-order chi connectivity index (χ0) is 17.2. The Morgan fingerprint density at radius 2 is 1.44 bits per heavy atom. The average molecular weight is 454 g/mol. The lowest BCUT2D eigenvalue weighted by molar-refractivity contribution is 0.129. The van der Waals surface area contributed by atoms with E-state index in [0.29, 0.717) is 39.3 Å². The van der Waals surface area contributed by atoms with Gasteiger partial charge in [-0.2, -0.15) is 4.31 Å². The molecule has 2 heterocycles. The fourth-order valence-electron chi connectivity index (χ4n) is 2.93. The number of hydrogen-bond acceptors (Lipinski definition) is 4. The van der Waals surface area contributed by atoms with E-state index in [-0.39, 0.29) is 23.3 Å². The fourth-order valence-corrected chi connectivity index (χ4v) is 4.62. The normalized spacial score (nSPS) is 19.4. The highest BCUT2D eigenvalue weighted by Gasteiger charge is 2.31. The Morgan fingerprint density at radius 3 is 2.00 bits per heavy atom. The third kappa shape index (κ3) is 4.65. The Kier molecular flexibility index (Phi) is 7.10. The van der Waals surface area contributed by atoms with Gasteiger partial charge in [-0.1, -0.05) is 15.9 Å². The molecule has 1 aromatic rings. The number of amides is 2. The van der Waals surface area contributed by atoms with Crippen molar-refractivity contribution in [3.63, 3.8) is 0 Å². The number of urea groups is 1. The molecule has 0 spiro atoms. The maximum absolute atomic E-state index is 12.7. The lowest BCUT2D eigenvalue weighted by Gasteiger charge is -2.38. The number of benzene rings is 1. The lowest BCUT2D eigenvalue weighted by atomic mass is 10.3. The summed E-state index contributed by atoms with van der Waals surface area (Å²) in [5.74, 6) is 0. The van der Waals surface area contributed by atoms with E-state index in [9.17, 15) is 13.2 Å². The second-order valence-corrected chi connectivity index (χ2v) is 8.72. The number of nitrogens with zero attached hydrogens (tertiary/aromatic N) is 3. The van der Waals surface area contributed by atoms with Crippen LogP contribution in [0.5, 0.6) is 0 Å². The van der Waals surface area contributed by atoms with Crippen molar-refractivity contribution in [1.29, 1.82) is 0 Å². The van der Waals surface area contributed by atoms with Crippen molar-refractivity contribution in [1.82, 2.24) is 19.4 Å². The van der Waals surface area contributed by atoms with Crippen LogP contribution in [0.3, 0.4) is 0 Å². The van der Waals surface area contributed by atoms with Crippen LogP contribution in [0, 0.1) is 0 Å². The smallest absolute Gasteiger partial charge is 0.320 e. The zero-order valence-corrected chi connectivity index (χ0v) is 16.9. The van der Waals surface area contributed by atoms with E-state index in [1.807, 2.05) is 4.90 Å². The molecule has 2 saturated heterocycles. The van der Waals surface area contributed by atoms with Crippen molar-refractivity contribution in [3.05, 3.63) is 28.7 Å². The summed E-state index contributed by atoms with van der Waals surface area (Å²) in [4.78, 5) is 16.3. The van der Waals surface area contributed by atoms with Gasteiger partial charge in [-0.3, -0.25) is 0 Å². The topological polar surface area (TPSA) is 73.0 Å². The Morgan fingerprint density at radius 1 is 0.920 bits per heavy atom. The largest absolute Gasteiger partial charge is 0.322 e. The van der Waals surface area contributed by atoms with Crippen LogP contribution in [0.2, 0.25) is 0 Å². The van der Waals surface area contributed by atoms with Crippen molar-refractivity contribution in [2.75, 3.05) is 52.4 Å². The molecule has 2 aliphatic rings. The first-order valence-corrected chi connectivity index (χ1v) is 10.2. The molecule has 3 rings (SSSR count). The van der Waals surface area contributed by atoms with Crippen molar-refractivity contribution >= 4 is 44.4 Å². The van der Waals surface area contributed by atoms with Gasteiger partial charge in [-0.05, 0) is 24.3 Å². The maximum atomic E-state index is 12.7. The molecule has 25 heavy (non-hydrogen) atoms. The molecule has 0 bridgehead atoms. The summed E-state index contributed by atoms with van der Waals surface area (Å²) in [6.07, 6.45) is 0. The summed E-state index contributed by atoms with van der Waals surface area (Å²) in [5, 5.41) is 3.22. The SMILES string of the molecule is Cl.O=C(N1CCNCC1)N1CCN(S(=O)(=O)c2ccc(Br)cc2)CC1. The van der Waals surface area contributed by atoms with Crippen LogP contribution in [0.15, 0.2) is 33.6 Å². The van der Waals surface area contributed by atoms with Gasteiger partial charge in [-0.15, -0.1) is 12.4 Å². The Balaban J connectivity index is 0.00000225. The summed E-state index contributed by atoms with van der Waals surface area (Å²) < 4.78 is 27.6. The van der Waals surface area contributed by atoms with Crippen molar-refractivity contribution in [3.8, 4) is 0 Å². The molecule has 0 atom stereocenters. The molecule has 0 unspecified atom stereocenters. The van der Waals surface area contributed by atoms with Gasteiger partial charge >= 0.3 is 6.03 Å². The number of carbonyl (C=O) groups excluding carboxylic acids is 1. The minimum absolute atomic E-state index is 0. The molecule has 0 radical (unpaired) electrons. The van der Waals surface area contributed by atoms with Crippen molar-refractivity contribution in [2.24, 2.45) is 0 Å². The highest BCUT2D eigenvalue weighted by atomic mass is 79.9. The first kappa shape index (κ1) is 20.4. The van der Waals surface area contributed by atoms with E-state index in [1.165, 1.54) is 4.31 Å². The van der Waals surface area contributed by atoms with Gasteiger partial charge in [0, 0.05) is 56.8 Å². The molecule has 1 N–H and O–H groups in total. The molecule has 0 saturated carbocycles. The van der Waals surface area contributed by atoms with E-state index in [4.69, 9.17) is 0 Å². The average Bonchev–Trinajstić information content (AvgIpc) is 2.62. The van der Waals surface area contributed by atoms with E-state index in [1.54, 1.807) is 29.2 Å². The van der Waals surface area contributed by atoms with Crippen molar-refractivity contribution < 1.29 is 13.2 Å². The van der Waals surface area contributed by atoms with Crippen LogP contribution in [0.25, 0.3) is 0 Å². The Bertz CT molecular complexity index is 687. The van der Waals surface area contributed by atoms with Gasteiger partial charge in [0.1, 0.15) is 0 Å². The second-order valence-electron chi connectivity index (χ2n) is 5.86. The summed E-state index contributed by atoms with van der Waals surface area (Å²) >= 11 is 3.31.